The molecule has 102 valence electrons. The zero-order valence-electron chi connectivity index (χ0n) is 11.4. The van der Waals surface area contributed by atoms with Crippen LogP contribution in [0.25, 0.3) is 10.9 Å². The first-order valence-corrected chi connectivity index (χ1v) is 7.35. The van der Waals surface area contributed by atoms with Crippen molar-refractivity contribution in [3.8, 4) is 0 Å². The predicted molar refractivity (Wildman–Crippen MR) is 82.3 cm³/mol. The quantitative estimate of drug-likeness (QED) is 0.848. The van der Waals surface area contributed by atoms with Gasteiger partial charge in [-0.2, -0.15) is 0 Å². The van der Waals surface area contributed by atoms with E-state index in [-0.39, 0.29) is 5.82 Å². The molecule has 0 fully saturated rings. The normalized spacial score (nSPS) is 11.3. The fraction of sp³-hybridized carbons (Fsp3) is 0.400. The maximum atomic E-state index is 13.7. The lowest BCUT2D eigenvalue weighted by Gasteiger charge is -2.13. The van der Waals surface area contributed by atoms with E-state index in [4.69, 9.17) is 0 Å². The Kier molecular flexibility index (Phi) is 4.40. The first-order valence-electron chi connectivity index (χ1n) is 6.56. The molecule has 1 aromatic carbocycles. The lowest BCUT2D eigenvalue weighted by molar-refractivity contribution is 0.622. The molecule has 0 saturated heterocycles. The summed E-state index contributed by atoms with van der Waals surface area (Å²) in [6.07, 6.45) is 1.04. The van der Waals surface area contributed by atoms with Crippen molar-refractivity contribution in [2.24, 2.45) is 0 Å². The Bertz CT molecular complexity index is 596. The highest BCUT2D eigenvalue weighted by atomic mass is 79.9. The van der Waals surface area contributed by atoms with Crippen LogP contribution in [-0.4, -0.2) is 11.5 Å². The molecule has 0 radical (unpaired) electrons. The number of nitrogens with one attached hydrogen (secondary N) is 1. The van der Waals surface area contributed by atoms with Gasteiger partial charge in [0, 0.05) is 29.4 Å². The lowest BCUT2D eigenvalue weighted by Crippen LogP contribution is -2.03. The monoisotopic (exact) mass is 324 g/mol. The summed E-state index contributed by atoms with van der Waals surface area (Å²) in [5.74, 6) is 0.0423. The number of hydrogen-bond acceptors (Lipinski definition) is 2. The Labute approximate surface area is 121 Å². The van der Waals surface area contributed by atoms with E-state index in [1.54, 1.807) is 6.07 Å². The molecule has 19 heavy (non-hydrogen) atoms. The van der Waals surface area contributed by atoms with E-state index < -0.39 is 0 Å². The molecule has 0 unspecified atom stereocenters. The van der Waals surface area contributed by atoms with Crippen LogP contribution in [-0.2, 0) is 0 Å². The fourth-order valence-corrected chi connectivity index (χ4v) is 2.29. The minimum atomic E-state index is -0.276. The van der Waals surface area contributed by atoms with E-state index in [1.807, 2.05) is 0 Å². The molecule has 4 heteroatoms. The van der Waals surface area contributed by atoms with Gasteiger partial charge < -0.3 is 5.32 Å². The molecular formula is C15H18BrFN2. The summed E-state index contributed by atoms with van der Waals surface area (Å²) in [7, 11) is 0. The van der Waals surface area contributed by atoms with E-state index in [0.29, 0.717) is 15.9 Å². The Hall–Kier alpha value is -1.16. The number of aromatic nitrogens is 1. The molecule has 1 N–H and O–H groups in total. The minimum absolute atomic E-state index is 0.276. The van der Waals surface area contributed by atoms with Crippen LogP contribution in [0.2, 0.25) is 0 Å². The summed E-state index contributed by atoms with van der Waals surface area (Å²) in [6, 6.07) is 5.34. The molecule has 2 rings (SSSR count). The van der Waals surface area contributed by atoms with Gasteiger partial charge in [-0.05, 0) is 40.4 Å². The maximum absolute atomic E-state index is 13.7. The second-order valence-corrected chi connectivity index (χ2v) is 5.81. The van der Waals surface area contributed by atoms with Crippen molar-refractivity contribution in [3.05, 3.63) is 34.2 Å². The second-order valence-electron chi connectivity index (χ2n) is 4.96. The topological polar surface area (TPSA) is 24.9 Å². The third-order valence-corrected chi connectivity index (χ3v) is 3.64. The number of anilines is 1. The first kappa shape index (κ1) is 14.3. The average Bonchev–Trinajstić information content (AvgIpc) is 2.37. The number of halogens is 2. The maximum Gasteiger partial charge on any atom is 0.139 e. The Balaban J connectivity index is 2.63. The van der Waals surface area contributed by atoms with E-state index in [1.165, 1.54) is 6.07 Å². The number of benzene rings is 1. The molecule has 0 atom stereocenters. The van der Waals surface area contributed by atoms with Crippen LogP contribution < -0.4 is 5.32 Å². The van der Waals surface area contributed by atoms with Gasteiger partial charge in [0.15, 0.2) is 0 Å². The molecule has 2 nitrogen and oxygen atoms in total. The van der Waals surface area contributed by atoms with Crippen molar-refractivity contribution < 1.29 is 4.39 Å². The van der Waals surface area contributed by atoms with Crippen molar-refractivity contribution in [3.63, 3.8) is 0 Å². The number of fused-ring (bicyclic) bond motifs is 1. The molecule has 2 aromatic rings. The molecule has 0 saturated carbocycles. The van der Waals surface area contributed by atoms with Gasteiger partial charge in [-0.1, -0.05) is 20.8 Å². The molecular weight excluding hydrogens is 307 g/mol. The van der Waals surface area contributed by atoms with E-state index in [0.717, 1.165) is 29.7 Å². The van der Waals surface area contributed by atoms with Crippen LogP contribution >= 0.6 is 15.9 Å². The van der Waals surface area contributed by atoms with Crippen molar-refractivity contribution >= 4 is 32.5 Å². The summed E-state index contributed by atoms with van der Waals surface area (Å²) < 4.78 is 14.1. The van der Waals surface area contributed by atoms with Gasteiger partial charge >= 0.3 is 0 Å². The van der Waals surface area contributed by atoms with Crippen molar-refractivity contribution in [2.45, 2.75) is 33.1 Å². The van der Waals surface area contributed by atoms with Crippen LogP contribution in [0.1, 0.15) is 38.8 Å². The van der Waals surface area contributed by atoms with Crippen molar-refractivity contribution in [1.82, 2.24) is 4.98 Å². The smallest absolute Gasteiger partial charge is 0.139 e. The average molecular weight is 325 g/mol. The van der Waals surface area contributed by atoms with Gasteiger partial charge in [0.05, 0.1) is 9.99 Å². The van der Waals surface area contributed by atoms with Crippen LogP contribution in [0, 0.1) is 5.82 Å². The van der Waals surface area contributed by atoms with Crippen LogP contribution in [0.4, 0.5) is 10.1 Å². The van der Waals surface area contributed by atoms with Gasteiger partial charge in [-0.3, -0.25) is 4.98 Å². The Morgan fingerprint density at radius 1 is 1.32 bits per heavy atom. The zero-order chi connectivity index (χ0) is 14.0. The number of hydrogen-bond donors (Lipinski definition) is 1. The Morgan fingerprint density at radius 2 is 2.05 bits per heavy atom. The number of pyridine rings is 1. The molecule has 0 bridgehead atoms. The van der Waals surface area contributed by atoms with Crippen molar-refractivity contribution in [1.29, 1.82) is 0 Å². The van der Waals surface area contributed by atoms with Gasteiger partial charge in [-0.25, -0.2) is 4.39 Å². The SMILES string of the molecule is CCCNc1cc(C(C)C)nc2cc(F)c(Br)cc12. The molecule has 1 heterocycles. The van der Waals surface area contributed by atoms with Gasteiger partial charge in [0.2, 0.25) is 0 Å². The summed E-state index contributed by atoms with van der Waals surface area (Å²) in [5.41, 5.74) is 2.70. The highest BCUT2D eigenvalue weighted by Gasteiger charge is 2.11. The van der Waals surface area contributed by atoms with Crippen LogP contribution in [0.15, 0.2) is 22.7 Å². The van der Waals surface area contributed by atoms with E-state index in [9.17, 15) is 4.39 Å². The third kappa shape index (κ3) is 3.06. The van der Waals surface area contributed by atoms with Gasteiger partial charge in [0.25, 0.3) is 0 Å². The fourth-order valence-electron chi connectivity index (χ4n) is 1.94. The van der Waals surface area contributed by atoms with Gasteiger partial charge in [-0.15, -0.1) is 0 Å². The van der Waals surface area contributed by atoms with Crippen LogP contribution in [0.3, 0.4) is 0 Å². The molecule has 0 amide bonds. The summed E-state index contributed by atoms with van der Waals surface area (Å²) in [5, 5.41) is 4.35. The molecule has 0 aliphatic heterocycles. The minimum Gasteiger partial charge on any atom is -0.384 e. The third-order valence-electron chi connectivity index (χ3n) is 3.03. The van der Waals surface area contributed by atoms with Gasteiger partial charge in [0.1, 0.15) is 5.82 Å². The van der Waals surface area contributed by atoms with Crippen LogP contribution in [0.5, 0.6) is 0 Å². The summed E-state index contributed by atoms with van der Waals surface area (Å²) >= 11 is 3.24. The zero-order valence-corrected chi connectivity index (χ0v) is 13.0. The van der Waals surface area contributed by atoms with E-state index in [2.05, 4.69) is 53.1 Å². The summed E-state index contributed by atoms with van der Waals surface area (Å²) in [4.78, 5) is 4.54. The largest absolute Gasteiger partial charge is 0.384 e. The second kappa shape index (κ2) is 5.87. The lowest BCUT2D eigenvalue weighted by atomic mass is 10.1. The first-order chi connectivity index (χ1) is 9.02. The molecule has 0 aliphatic carbocycles. The Morgan fingerprint density at radius 3 is 2.68 bits per heavy atom. The highest BCUT2D eigenvalue weighted by molar-refractivity contribution is 9.10. The van der Waals surface area contributed by atoms with E-state index >= 15 is 0 Å². The molecule has 1 aromatic heterocycles. The highest BCUT2D eigenvalue weighted by Crippen LogP contribution is 2.30. The summed E-state index contributed by atoms with van der Waals surface area (Å²) in [6.45, 7) is 7.20. The molecule has 0 aliphatic rings. The van der Waals surface area contributed by atoms with Crippen molar-refractivity contribution in [2.75, 3.05) is 11.9 Å². The molecule has 0 spiro atoms. The number of rotatable bonds is 4. The standard InChI is InChI=1S/C15H18BrFN2/c1-4-5-18-14-8-13(9(2)3)19-15-7-12(17)11(16)6-10(14)15/h6-9H,4-5H2,1-3H3,(H,18,19). The number of nitrogens with zero attached hydrogens (tertiary/aromatic N) is 1. The predicted octanol–water partition coefficient (Wildman–Crippen LogP) is 5.08.